The van der Waals surface area contributed by atoms with E-state index in [0.29, 0.717) is 5.88 Å². The summed E-state index contributed by atoms with van der Waals surface area (Å²) in [6.45, 7) is 0. The standard InChI is InChI=1S/C5H6BrClN2/c6-5-4(1-2-7)8-3-9-5/h3H,1-2H2,(H,8,9). The second-order valence-corrected chi connectivity index (χ2v) is 2.74. The molecule has 0 radical (unpaired) electrons. The number of alkyl halides is 1. The molecule has 0 atom stereocenters. The normalized spacial score (nSPS) is 10.0. The number of hydrogen-bond acceptors (Lipinski definition) is 1. The summed E-state index contributed by atoms with van der Waals surface area (Å²) in [5.74, 6) is 0.626. The van der Waals surface area contributed by atoms with E-state index in [-0.39, 0.29) is 0 Å². The molecule has 50 valence electrons. The average Bonchev–Trinajstić information content (AvgIpc) is 2.18. The number of hydrogen-bond donors (Lipinski definition) is 1. The van der Waals surface area contributed by atoms with Gasteiger partial charge in [-0.15, -0.1) is 11.6 Å². The van der Waals surface area contributed by atoms with Crippen molar-refractivity contribution in [3.63, 3.8) is 0 Å². The topological polar surface area (TPSA) is 28.7 Å². The lowest BCUT2D eigenvalue weighted by atomic mass is 10.4. The third-order valence-electron chi connectivity index (χ3n) is 1.01. The largest absolute Gasteiger partial charge is 0.347 e. The van der Waals surface area contributed by atoms with Crippen LogP contribution in [0.5, 0.6) is 0 Å². The number of aromatic nitrogens is 2. The third kappa shape index (κ3) is 1.69. The molecule has 0 unspecified atom stereocenters. The van der Waals surface area contributed by atoms with Gasteiger partial charge < -0.3 is 4.98 Å². The number of nitrogens with one attached hydrogen (secondary N) is 1. The Kier molecular flexibility index (Phi) is 2.54. The van der Waals surface area contributed by atoms with Gasteiger partial charge in [0.15, 0.2) is 0 Å². The highest BCUT2D eigenvalue weighted by molar-refractivity contribution is 9.10. The van der Waals surface area contributed by atoms with Gasteiger partial charge >= 0.3 is 0 Å². The van der Waals surface area contributed by atoms with Gasteiger partial charge in [0.05, 0.1) is 12.0 Å². The molecule has 0 aromatic carbocycles. The lowest BCUT2D eigenvalue weighted by Crippen LogP contribution is -1.85. The molecule has 1 N–H and O–H groups in total. The van der Waals surface area contributed by atoms with Crippen LogP contribution in [-0.4, -0.2) is 15.8 Å². The fourth-order valence-electron chi connectivity index (χ4n) is 0.574. The first-order valence-corrected chi connectivity index (χ1v) is 3.91. The van der Waals surface area contributed by atoms with E-state index in [0.717, 1.165) is 16.7 Å². The molecular weight excluding hydrogens is 203 g/mol. The average molecular weight is 209 g/mol. The number of nitrogens with zero attached hydrogens (tertiary/aromatic N) is 1. The molecule has 4 heteroatoms. The van der Waals surface area contributed by atoms with Gasteiger partial charge in [0, 0.05) is 12.3 Å². The number of aromatic amines is 1. The van der Waals surface area contributed by atoms with E-state index in [2.05, 4.69) is 25.9 Å². The molecule has 0 saturated carbocycles. The van der Waals surface area contributed by atoms with E-state index in [4.69, 9.17) is 11.6 Å². The van der Waals surface area contributed by atoms with Gasteiger partial charge in [0.25, 0.3) is 0 Å². The number of rotatable bonds is 2. The van der Waals surface area contributed by atoms with Gasteiger partial charge in [0.2, 0.25) is 0 Å². The molecular formula is C5H6BrClN2. The van der Waals surface area contributed by atoms with Gasteiger partial charge in [-0.05, 0) is 15.9 Å². The van der Waals surface area contributed by atoms with Crippen LogP contribution in [-0.2, 0) is 6.42 Å². The maximum atomic E-state index is 5.50. The first kappa shape index (κ1) is 7.09. The molecule has 1 aromatic heterocycles. The van der Waals surface area contributed by atoms with Gasteiger partial charge in [-0.25, -0.2) is 4.98 Å². The fourth-order valence-corrected chi connectivity index (χ4v) is 1.18. The minimum absolute atomic E-state index is 0.626. The second kappa shape index (κ2) is 3.22. The number of imidazole rings is 1. The maximum Gasteiger partial charge on any atom is 0.127 e. The highest BCUT2D eigenvalue weighted by Crippen LogP contribution is 2.10. The van der Waals surface area contributed by atoms with Crippen LogP contribution < -0.4 is 0 Å². The van der Waals surface area contributed by atoms with Crippen molar-refractivity contribution in [3.05, 3.63) is 16.6 Å². The molecule has 0 aliphatic carbocycles. The summed E-state index contributed by atoms with van der Waals surface area (Å²) in [4.78, 5) is 6.90. The summed E-state index contributed by atoms with van der Waals surface area (Å²) in [5, 5.41) is 0. The summed E-state index contributed by atoms with van der Waals surface area (Å²) >= 11 is 8.76. The Morgan fingerprint density at radius 1 is 1.78 bits per heavy atom. The van der Waals surface area contributed by atoms with Gasteiger partial charge in [-0.1, -0.05) is 0 Å². The van der Waals surface area contributed by atoms with Crippen molar-refractivity contribution < 1.29 is 0 Å². The zero-order chi connectivity index (χ0) is 6.69. The van der Waals surface area contributed by atoms with Crippen LogP contribution in [0.2, 0.25) is 0 Å². The molecule has 0 aliphatic heterocycles. The lowest BCUT2D eigenvalue weighted by molar-refractivity contribution is 1.06. The van der Waals surface area contributed by atoms with Crippen LogP contribution in [0.3, 0.4) is 0 Å². The Morgan fingerprint density at radius 2 is 2.56 bits per heavy atom. The molecule has 2 nitrogen and oxygen atoms in total. The molecule has 0 saturated heterocycles. The third-order valence-corrected chi connectivity index (χ3v) is 1.88. The van der Waals surface area contributed by atoms with E-state index >= 15 is 0 Å². The zero-order valence-electron chi connectivity index (χ0n) is 4.69. The van der Waals surface area contributed by atoms with Crippen LogP contribution in [0, 0.1) is 0 Å². The summed E-state index contributed by atoms with van der Waals surface area (Å²) in [6.07, 6.45) is 2.48. The highest BCUT2D eigenvalue weighted by Gasteiger charge is 1.98. The molecule has 1 rings (SSSR count). The molecule has 9 heavy (non-hydrogen) atoms. The van der Waals surface area contributed by atoms with Gasteiger partial charge in [-0.3, -0.25) is 0 Å². The summed E-state index contributed by atoms with van der Waals surface area (Å²) < 4.78 is 0.864. The van der Waals surface area contributed by atoms with Crippen LogP contribution >= 0.6 is 27.5 Å². The van der Waals surface area contributed by atoms with Crippen molar-refractivity contribution in [1.82, 2.24) is 9.97 Å². The maximum absolute atomic E-state index is 5.50. The first-order chi connectivity index (χ1) is 4.34. The van der Waals surface area contributed by atoms with E-state index in [9.17, 15) is 0 Å². The Morgan fingerprint density at radius 3 is 3.00 bits per heavy atom. The molecule has 0 bridgehead atoms. The lowest BCUT2D eigenvalue weighted by Gasteiger charge is -1.89. The van der Waals surface area contributed by atoms with Crippen molar-refractivity contribution in [2.24, 2.45) is 0 Å². The van der Waals surface area contributed by atoms with Gasteiger partial charge in [-0.2, -0.15) is 0 Å². The summed E-state index contributed by atoms with van der Waals surface area (Å²) in [6, 6.07) is 0. The minimum Gasteiger partial charge on any atom is -0.347 e. The number of H-pyrrole nitrogens is 1. The SMILES string of the molecule is ClCCc1[nH]cnc1Br. The van der Waals surface area contributed by atoms with Crippen LogP contribution in [0.25, 0.3) is 0 Å². The smallest absolute Gasteiger partial charge is 0.127 e. The van der Waals surface area contributed by atoms with E-state index in [1.807, 2.05) is 0 Å². The molecule has 0 fully saturated rings. The summed E-state index contributed by atoms with van der Waals surface area (Å²) in [7, 11) is 0. The molecule has 0 aliphatic rings. The fraction of sp³-hybridized carbons (Fsp3) is 0.400. The summed E-state index contributed by atoms with van der Waals surface area (Å²) in [5.41, 5.74) is 1.06. The predicted molar refractivity (Wildman–Crippen MR) is 40.7 cm³/mol. The first-order valence-electron chi connectivity index (χ1n) is 2.58. The minimum atomic E-state index is 0.626. The number of aryl methyl sites for hydroxylation is 1. The van der Waals surface area contributed by atoms with Crippen molar-refractivity contribution in [2.75, 3.05) is 5.88 Å². The molecule has 1 heterocycles. The Bertz CT molecular complexity index is 187. The van der Waals surface area contributed by atoms with Crippen LogP contribution in [0.4, 0.5) is 0 Å². The van der Waals surface area contributed by atoms with Crippen LogP contribution in [0.1, 0.15) is 5.69 Å². The molecule has 0 amide bonds. The quantitative estimate of drug-likeness (QED) is 0.741. The van der Waals surface area contributed by atoms with E-state index in [1.165, 1.54) is 0 Å². The molecule has 1 aromatic rings. The van der Waals surface area contributed by atoms with Crippen molar-refractivity contribution >= 4 is 27.5 Å². The van der Waals surface area contributed by atoms with Crippen molar-refractivity contribution in [3.8, 4) is 0 Å². The van der Waals surface area contributed by atoms with E-state index < -0.39 is 0 Å². The van der Waals surface area contributed by atoms with Gasteiger partial charge in [0.1, 0.15) is 4.60 Å². The highest BCUT2D eigenvalue weighted by atomic mass is 79.9. The Balaban J connectivity index is 2.69. The van der Waals surface area contributed by atoms with Crippen LogP contribution in [0.15, 0.2) is 10.9 Å². The Hall–Kier alpha value is -0.0200. The predicted octanol–water partition coefficient (Wildman–Crippen LogP) is 1.95. The zero-order valence-corrected chi connectivity index (χ0v) is 7.04. The van der Waals surface area contributed by atoms with Crippen molar-refractivity contribution in [2.45, 2.75) is 6.42 Å². The van der Waals surface area contributed by atoms with Crippen molar-refractivity contribution in [1.29, 1.82) is 0 Å². The monoisotopic (exact) mass is 208 g/mol. The Labute approximate surface area is 66.8 Å². The number of halogens is 2. The second-order valence-electron chi connectivity index (χ2n) is 1.61. The van der Waals surface area contributed by atoms with E-state index in [1.54, 1.807) is 6.33 Å². The molecule has 0 spiro atoms.